The maximum absolute atomic E-state index is 12.2. The zero-order valence-corrected chi connectivity index (χ0v) is 16.8. The molecule has 2 rings (SSSR count). The Balaban J connectivity index is 1.82. The molecule has 0 saturated carbocycles. The number of benzene rings is 2. The molecule has 0 atom stereocenters. The second kappa shape index (κ2) is 10.5. The molecular weight excluding hydrogens is 408 g/mol. The number of halogens is 1. The smallest absolute Gasteiger partial charge is 0.305 e. The lowest BCUT2D eigenvalue weighted by atomic mass is 10.1. The molecule has 2 aromatic rings. The van der Waals surface area contributed by atoms with Gasteiger partial charge in [-0.2, -0.15) is 0 Å². The Hall–Kier alpha value is -2.60. The molecule has 1 amide bonds. The van der Waals surface area contributed by atoms with E-state index < -0.39 is 0 Å². The van der Waals surface area contributed by atoms with Crippen LogP contribution in [0, 0.1) is 0 Å². The van der Waals surface area contributed by atoms with Crippen molar-refractivity contribution in [2.45, 2.75) is 26.2 Å². The summed E-state index contributed by atoms with van der Waals surface area (Å²) < 4.78 is 5.64. The lowest BCUT2D eigenvalue weighted by molar-refractivity contribution is -0.143. The first-order valence-corrected chi connectivity index (χ1v) is 9.55. The summed E-state index contributed by atoms with van der Waals surface area (Å²) in [5.74, 6) is -0.410. The van der Waals surface area contributed by atoms with Crippen LogP contribution in [0.1, 0.15) is 41.3 Å². The van der Waals surface area contributed by atoms with Crippen LogP contribution in [0.3, 0.4) is 0 Å². The van der Waals surface area contributed by atoms with E-state index in [0.717, 1.165) is 28.4 Å². The number of hydrogen-bond acceptors (Lipinski definition) is 4. The molecule has 0 aliphatic carbocycles. The number of nitrogens with one attached hydrogen (secondary N) is 2. The number of esters is 1. The molecule has 0 aliphatic rings. The first-order chi connectivity index (χ1) is 13.0. The van der Waals surface area contributed by atoms with Gasteiger partial charge in [-0.05, 0) is 59.0 Å². The molecular formula is C21H23BrN2O3. The largest absolute Gasteiger partial charge is 0.466 e. The van der Waals surface area contributed by atoms with Gasteiger partial charge in [0, 0.05) is 10.9 Å². The van der Waals surface area contributed by atoms with Crippen molar-refractivity contribution in [2.24, 2.45) is 0 Å². The van der Waals surface area contributed by atoms with E-state index in [2.05, 4.69) is 33.4 Å². The molecule has 2 N–H and O–H groups in total. The van der Waals surface area contributed by atoms with Crippen LogP contribution in [-0.2, 0) is 16.0 Å². The second-order valence-electron chi connectivity index (χ2n) is 5.89. The highest BCUT2D eigenvalue weighted by Crippen LogP contribution is 2.16. The van der Waals surface area contributed by atoms with E-state index in [4.69, 9.17) is 4.74 Å². The van der Waals surface area contributed by atoms with Gasteiger partial charge in [-0.25, -0.2) is 0 Å². The van der Waals surface area contributed by atoms with Crippen molar-refractivity contribution in [1.82, 2.24) is 10.9 Å². The van der Waals surface area contributed by atoms with E-state index in [0.29, 0.717) is 24.3 Å². The van der Waals surface area contributed by atoms with Gasteiger partial charge in [0.1, 0.15) is 0 Å². The molecule has 0 radical (unpaired) electrons. The van der Waals surface area contributed by atoms with E-state index in [1.54, 1.807) is 19.1 Å². The summed E-state index contributed by atoms with van der Waals surface area (Å²) in [6, 6.07) is 15.0. The minimum absolute atomic E-state index is 0.160. The summed E-state index contributed by atoms with van der Waals surface area (Å²) in [7, 11) is 0. The van der Waals surface area contributed by atoms with E-state index in [1.165, 1.54) is 0 Å². The highest BCUT2D eigenvalue weighted by molar-refractivity contribution is 9.10. The minimum Gasteiger partial charge on any atom is -0.466 e. The third-order valence-corrected chi connectivity index (χ3v) is 4.59. The Morgan fingerprint density at radius 3 is 2.44 bits per heavy atom. The number of ether oxygens (including phenoxy) is 1. The first-order valence-electron chi connectivity index (χ1n) is 8.76. The summed E-state index contributed by atoms with van der Waals surface area (Å²) in [6.45, 7) is 6.17. The SMILES string of the molecule is C=C(NNC(=O)c1ccccc1Br)c1ccc(CCCC(=O)OCC)cc1. The topological polar surface area (TPSA) is 67.4 Å². The van der Waals surface area contributed by atoms with Crippen LogP contribution in [-0.4, -0.2) is 18.5 Å². The standard InChI is InChI=1S/C21H23BrN2O3/c1-3-27-20(25)10-6-7-16-11-13-17(14-12-16)15(2)23-24-21(26)18-8-4-5-9-19(18)22/h4-5,8-9,11-14,23H,2-3,6-7,10H2,1H3,(H,24,26). The molecule has 0 bridgehead atoms. The van der Waals surface area contributed by atoms with Crippen LogP contribution in [0.25, 0.3) is 5.70 Å². The molecule has 27 heavy (non-hydrogen) atoms. The Bertz CT molecular complexity index is 803. The molecule has 0 aliphatic heterocycles. The van der Waals surface area contributed by atoms with Crippen LogP contribution in [0.2, 0.25) is 0 Å². The molecule has 142 valence electrons. The van der Waals surface area contributed by atoms with Crippen molar-refractivity contribution in [1.29, 1.82) is 0 Å². The summed E-state index contributed by atoms with van der Waals surface area (Å²) in [5, 5.41) is 0. The van der Waals surface area contributed by atoms with Gasteiger partial charge in [0.25, 0.3) is 5.91 Å². The number of carbonyl (C=O) groups excluding carboxylic acids is 2. The fraction of sp³-hybridized carbons (Fsp3) is 0.238. The minimum atomic E-state index is -0.251. The quantitative estimate of drug-likeness (QED) is 0.461. The first kappa shape index (κ1) is 20.7. The zero-order valence-electron chi connectivity index (χ0n) is 15.3. The second-order valence-corrected chi connectivity index (χ2v) is 6.75. The normalized spacial score (nSPS) is 10.1. The Morgan fingerprint density at radius 1 is 1.07 bits per heavy atom. The predicted octanol–water partition coefficient (Wildman–Crippen LogP) is 4.24. The van der Waals surface area contributed by atoms with Gasteiger partial charge < -0.3 is 4.74 Å². The predicted molar refractivity (Wildman–Crippen MR) is 110 cm³/mol. The lowest BCUT2D eigenvalue weighted by Crippen LogP contribution is -2.36. The Kier molecular flexibility index (Phi) is 8.07. The third kappa shape index (κ3) is 6.57. The van der Waals surface area contributed by atoms with Crippen LogP contribution in [0.5, 0.6) is 0 Å². The van der Waals surface area contributed by atoms with Gasteiger partial charge >= 0.3 is 5.97 Å². The number of hydrogen-bond donors (Lipinski definition) is 2. The van der Waals surface area contributed by atoms with E-state index >= 15 is 0 Å². The molecule has 0 heterocycles. The average Bonchev–Trinajstić information content (AvgIpc) is 2.67. The van der Waals surface area contributed by atoms with Gasteiger partial charge in [0.05, 0.1) is 17.9 Å². The fourth-order valence-corrected chi connectivity index (χ4v) is 2.92. The summed E-state index contributed by atoms with van der Waals surface area (Å²) in [6.07, 6.45) is 1.97. The summed E-state index contributed by atoms with van der Waals surface area (Å²) in [5.41, 5.74) is 8.61. The van der Waals surface area contributed by atoms with E-state index in [9.17, 15) is 9.59 Å². The molecule has 0 fully saturated rings. The number of aryl methyl sites for hydroxylation is 1. The van der Waals surface area contributed by atoms with Gasteiger partial charge in [0.15, 0.2) is 0 Å². The van der Waals surface area contributed by atoms with Crippen LogP contribution in [0.4, 0.5) is 0 Å². The zero-order chi connectivity index (χ0) is 19.6. The highest BCUT2D eigenvalue weighted by Gasteiger charge is 2.09. The molecule has 5 nitrogen and oxygen atoms in total. The number of rotatable bonds is 9. The Morgan fingerprint density at radius 2 is 1.78 bits per heavy atom. The van der Waals surface area contributed by atoms with Crippen LogP contribution < -0.4 is 10.9 Å². The monoisotopic (exact) mass is 430 g/mol. The maximum atomic E-state index is 12.2. The summed E-state index contributed by atoms with van der Waals surface area (Å²) >= 11 is 3.35. The fourth-order valence-electron chi connectivity index (χ4n) is 2.46. The molecule has 0 spiro atoms. The summed E-state index contributed by atoms with van der Waals surface area (Å²) in [4.78, 5) is 23.5. The number of amides is 1. The highest BCUT2D eigenvalue weighted by atomic mass is 79.9. The van der Waals surface area contributed by atoms with Gasteiger partial charge in [-0.15, -0.1) is 0 Å². The van der Waals surface area contributed by atoms with Crippen molar-refractivity contribution in [2.75, 3.05) is 6.61 Å². The van der Waals surface area contributed by atoms with E-state index in [-0.39, 0.29) is 11.9 Å². The van der Waals surface area contributed by atoms with Crippen LogP contribution in [0.15, 0.2) is 59.6 Å². The molecule has 0 aromatic heterocycles. The lowest BCUT2D eigenvalue weighted by Gasteiger charge is -2.12. The number of carbonyl (C=O) groups is 2. The molecule has 2 aromatic carbocycles. The maximum Gasteiger partial charge on any atom is 0.305 e. The molecule has 0 unspecified atom stereocenters. The van der Waals surface area contributed by atoms with Crippen molar-refractivity contribution in [3.63, 3.8) is 0 Å². The van der Waals surface area contributed by atoms with E-state index in [1.807, 2.05) is 36.4 Å². The van der Waals surface area contributed by atoms with Crippen LogP contribution >= 0.6 is 15.9 Å². The van der Waals surface area contributed by atoms with Crippen molar-refractivity contribution in [3.05, 3.63) is 76.3 Å². The van der Waals surface area contributed by atoms with Gasteiger partial charge in [-0.1, -0.05) is 43.0 Å². The molecule has 6 heteroatoms. The Labute approximate surface area is 167 Å². The third-order valence-electron chi connectivity index (χ3n) is 3.90. The average molecular weight is 431 g/mol. The molecule has 0 saturated heterocycles. The van der Waals surface area contributed by atoms with Crippen molar-refractivity contribution in [3.8, 4) is 0 Å². The van der Waals surface area contributed by atoms with Gasteiger partial charge in [0.2, 0.25) is 0 Å². The van der Waals surface area contributed by atoms with Crippen molar-refractivity contribution >= 4 is 33.5 Å². The van der Waals surface area contributed by atoms with Gasteiger partial charge in [-0.3, -0.25) is 20.4 Å². The number of hydrazine groups is 1. The van der Waals surface area contributed by atoms with Crippen molar-refractivity contribution < 1.29 is 14.3 Å².